The number of carbonyl (C=O) groups excluding carboxylic acids is 2. The van der Waals surface area contributed by atoms with E-state index < -0.39 is 6.04 Å². The molecule has 1 amide bonds. The molecule has 20 heavy (non-hydrogen) atoms. The molecule has 1 fully saturated rings. The number of hydrogen-bond donors (Lipinski definition) is 2. The van der Waals surface area contributed by atoms with Gasteiger partial charge in [0.25, 0.3) is 0 Å². The highest BCUT2D eigenvalue weighted by atomic mass is 16.5. The van der Waals surface area contributed by atoms with Gasteiger partial charge in [0.05, 0.1) is 24.9 Å². The van der Waals surface area contributed by atoms with Gasteiger partial charge in [0.15, 0.2) is 0 Å². The van der Waals surface area contributed by atoms with Crippen LogP contribution in [0.3, 0.4) is 0 Å². The van der Waals surface area contributed by atoms with E-state index in [4.69, 9.17) is 4.74 Å². The number of rotatable bonds is 4. The number of allylic oxidation sites excluding steroid dienone is 1. The minimum atomic E-state index is -0.451. The Morgan fingerprint density at radius 3 is 2.85 bits per heavy atom. The fourth-order valence-corrected chi connectivity index (χ4v) is 3.12. The van der Waals surface area contributed by atoms with Crippen molar-refractivity contribution in [2.45, 2.75) is 44.9 Å². The predicted octanol–water partition coefficient (Wildman–Crippen LogP) is 0.668. The van der Waals surface area contributed by atoms with Crippen molar-refractivity contribution in [3.63, 3.8) is 0 Å². The summed E-state index contributed by atoms with van der Waals surface area (Å²) in [6.07, 6.45) is 5.82. The second kappa shape index (κ2) is 6.50. The molecule has 0 aromatic carbocycles. The van der Waals surface area contributed by atoms with E-state index in [0.717, 1.165) is 19.1 Å². The smallest absolute Gasteiger partial charge is 0.244 e. The van der Waals surface area contributed by atoms with Crippen molar-refractivity contribution in [1.29, 1.82) is 0 Å². The summed E-state index contributed by atoms with van der Waals surface area (Å²) in [5.41, 5.74) is 0. The third-order valence-corrected chi connectivity index (χ3v) is 4.54. The molecule has 2 N–H and O–H groups in total. The quantitative estimate of drug-likeness (QED) is 0.743. The van der Waals surface area contributed by atoms with Gasteiger partial charge in [-0.1, -0.05) is 19.9 Å². The van der Waals surface area contributed by atoms with Gasteiger partial charge in [-0.15, -0.1) is 0 Å². The summed E-state index contributed by atoms with van der Waals surface area (Å²) in [7, 11) is 0. The van der Waals surface area contributed by atoms with Crippen LogP contribution in [0.4, 0.5) is 0 Å². The summed E-state index contributed by atoms with van der Waals surface area (Å²) in [5.74, 6) is 0.327. The Hall–Kier alpha value is -1.20. The monoisotopic (exact) mass is 281 g/mol. The Morgan fingerprint density at radius 2 is 2.25 bits per heavy atom. The molecule has 0 spiro atoms. The standard InChI is InChI=1S/C15H23NO4/c1-9-5-12(7-17)20-14(9)6-11-3-4-15(19)16-13(8-18)10(11)2/h3-4,8-14,17H,5-7H2,1-2H3,(H,16,19). The fourth-order valence-electron chi connectivity index (χ4n) is 3.12. The average molecular weight is 281 g/mol. The first-order valence-electron chi connectivity index (χ1n) is 7.25. The molecule has 0 bridgehead atoms. The molecule has 6 atom stereocenters. The first kappa shape index (κ1) is 15.2. The van der Waals surface area contributed by atoms with Crippen molar-refractivity contribution < 1.29 is 19.4 Å². The first-order valence-corrected chi connectivity index (χ1v) is 7.25. The first-order chi connectivity index (χ1) is 9.55. The Labute approximate surface area is 119 Å². The highest BCUT2D eigenvalue weighted by Gasteiger charge is 2.36. The Balaban J connectivity index is 2.05. The van der Waals surface area contributed by atoms with Crippen molar-refractivity contribution in [1.82, 2.24) is 5.32 Å². The summed E-state index contributed by atoms with van der Waals surface area (Å²) in [6.45, 7) is 4.14. The van der Waals surface area contributed by atoms with E-state index >= 15 is 0 Å². The number of aliphatic hydroxyl groups is 1. The van der Waals surface area contributed by atoms with Gasteiger partial charge in [0.2, 0.25) is 5.91 Å². The molecule has 5 heteroatoms. The second-order valence-electron chi connectivity index (χ2n) is 5.98. The summed E-state index contributed by atoms with van der Waals surface area (Å²) in [4.78, 5) is 22.6. The minimum Gasteiger partial charge on any atom is -0.394 e. The maximum absolute atomic E-state index is 11.5. The third kappa shape index (κ3) is 3.27. The van der Waals surface area contributed by atoms with E-state index in [9.17, 15) is 14.7 Å². The predicted molar refractivity (Wildman–Crippen MR) is 73.9 cm³/mol. The summed E-state index contributed by atoms with van der Waals surface area (Å²) in [6, 6.07) is -0.451. The number of carbonyl (C=O) groups is 2. The van der Waals surface area contributed by atoms with E-state index in [2.05, 4.69) is 12.2 Å². The Bertz CT molecular complexity index is 395. The van der Waals surface area contributed by atoms with Crippen LogP contribution in [0.2, 0.25) is 0 Å². The Kier molecular flexibility index (Phi) is 4.94. The van der Waals surface area contributed by atoms with E-state index in [1.54, 1.807) is 0 Å². The van der Waals surface area contributed by atoms with Gasteiger partial charge in [-0.3, -0.25) is 4.79 Å². The van der Waals surface area contributed by atoms with Gasteiger partial charge in [-0.25, -0.2) is 0 Å². The van der Waals surface area contributed by atoms with Crippen molar-refractivity contribution in [3.05, 3.63) is 12.2 Å². The lowest BCUT2D eigenvalue weighted by Gasteiger charge is -2.27. The topological polar surface area (TPSA) is 75.6 Å². The van der Waals surface area contributed by atoms with Crippen LogP contribution in [0.15, 0.2) is 12.2 Å². The summed E-state index contributed by atoms with van der Waals surface area (Å²) >= 11 is 0. The fraction of sp³-hybridized carbons (Fsp3) is 0.733. The van der Waals surface area contributed by atoms with Crippen LogP contribution in [0, 0.1) is 17.8 Å². The van der Waals surface area contributed by atoms with Crippen LogP contribution in [0.25, 0.3) is 0 Å². The zero-order valence-electron chi connectivity index (χ0n) is 12.0. The number of nitrogens with one attached hydrogen (secondary N) is 1. The van der Waals surface area contributed by atoms with Gasteiger partial charge >= 0.3 is 0 Å². The molecule has 2 heterocycles. The summed E-state index contributed by atoms with van der Waals surface area (Å²) < 4.78 is 5.83. The number of ether oxygens (including phenoxy) is 1. The van der Waals surface area contributed by atoms with E-state index in [-0.39, 0.29) is 36.6 Å². The van der Waals surface area contributed by atoms with Crippen molar-refractivity contribution in [2.75, 3.05) is 6.61 Å². The molecule has 112 valence electrons. The molecule has 0 aliphatic carbocycles. The SMILES string of the molecule is CC1CC(CO)OC1CC1C=CC(=O)NC(C=O)C1C. The highest BCUT2D eigenvalue weighted by molar-refractivity contribution is 5.90. The van der Waals surface area contributed by atoms with Crippen LogP contribution in [-0.4, -0.2) is 42.2 Å². The lowest BCUT2D eigenvalue weighted by Crippen LogP contribution is -2.41. The molecule has 1 saturated heterocycles. The maximum Gasteiger partial charge on any atom is 0.244 e. The van der Waals surface area contributed by atoms with Crippen molar-refractivity contribution in [2.24, 2.45) is 17.8 Å². The van der Waals surface area contributed by atoms with E-state index in [1.807, 2.05) is 13.0 Å². The minimum absolute atomic E-state index is 0.0409. The molecular formula is C15H23NO4. The lowest BCUT2D eigenvalue weighted by atomic mass is 9.82. The van der Waals surface area contributed by atoms with Crippen molar-refractivity contribution >= 4 is 12.2 Å². The van der Waals surface area contributed by atoms with Gasteiger partial charge in [0.1, 0.15) is 6.29 Å². The normalized spacial score (nSPS) is 41.2. The average Bonchev–Trinajstić information content (AvgIpc) is 2.73. The lowest BCUT2D eigenvalue weighted by molar-refractivity contribution is -0.120. The van der Waals surface area contributed by atoms with Crippen LogP contribution in [-0.2, 0) is 14.3 Å². The van der Waals surface area contributed by atoms with E-state index in [0.29, 0.717) is 5.92 Å². The van der Waals surface area contributed by atoms with Gasteiger partial charge < -0.3 is 20.0 Å². The maximum atomic E-state index is 11.5. The van der Waals surface area contributed by atoms with E-state index in [1.165, 1.54) is 6.08 Å². The molecule has 2 aliphatic rings. The zero-order valence-corrected chi connectivity index (χ0v) is 12.0. The highest BCUT2D eigenvalue weighted by Crippen LogP contribution is 2.33. The third-order valence-electron chi connectivity index (χ3n) is 4.54. The number of aliphatic hydroxyl groups excluding tert-OH is 1. The molecule has 2 aliphatic heterocycles. The number of hydrogen-bond acceptors (Lipinski definition) is 4. The van der Waals surface area contributed by atoms with Gasteiger partial charge in [0, 0.05) is 0 Å². The molecule has 0 radical (unpaired) electrons. The van der Waals surface area contributed by atoms with Crippen LogP contribution in [0.5, 0.6) is 0 Å². The van der Waals surface area contributed by atoms with Gasteiger partial charge in [-0.2, -0.15) is 0 Å². The number of amides is 1. The molecule has 0 aromatic heterocycles. The van der Waals surface area contributed by atoms with Crippen LogP contribution < -0.4 is 5.32 Å². The molecular weight excluding hydrogens is 258 g/mol. The molecule has 0 saturated carbocycles. The Morgan fingerprint density at radius 1 is 1.50 bits per heavy atom. The van der Waals surface area contributed by atoms with Crippen LogP contribution >= 0.6 is 0 Å². The molecule has 2 rings (SSSR count). The zero-order chi connectivity index (χ0) is 14.7. The largest absolute Gasteiger partial charge is 0.394 e. The molecule has 6 unspecified atom stereocenters. The second-order valence-corrected chi connectivity index (χ2v) is 5.98. The van der Waals surface area contributed by atoms with Crippen molar-refractivity contribution in [3.8, 4) is 0 Å². The number of aldehydes is 1. The molecule has 0 aromatic rings. The van der Waals surface area contributed by atoms with Gasteiger partial charge in [-0.05, 0) is 36.7 Å². The summed E-state index contributed by atoms with van der Waals surface area (Å²) in [5, 5.41) is 11.9. The molecule has 5 nitrogen and oxygen atoms in total. The van der Waals surface area contributed by atoms with Crippen LogP contribution in [0.1, 0.15) is 26.7 Å².